The molecule has 1 atom stereocenters. The first kappa shape index (κ1) is 13.8. The highest BCUT2D eigenvalue weighted by atomic mass is 32.1. The van der Waals surface area contributed by atoms with Crippen LogP contribution in [-0.2, 0) is 11.2 Å². The fourth-order valence-corrected chi connectivity index (χ4v) is 2.25. The standard InChI is InChI=1S/C13H18N4OS/c1-9(18-2)12-16-13(19-17-12)15-8-7-10-3-5-11(14)6-4-10/h3-6,9H,7-8,14H2,1-2H3,(H,15,16,17). The summed E-state index contributed by atoms with van der Waals surface area (Å²) in [5, 5.41) is 4.09. The first-order chi connectivity index (χ1) is 9.19. The number of nitrogens with one attached hydrogen (secondary N) is 1. The van der Waals surface area contributed by atoms with Crippen molar-refractivity contribution in [2.75, 3.05) is 24.7 Å². The molecule has 1 aromatic carbocycles. The van der Waals surface area contributed by atoms with Gasteiger partial charge in [0.05, 0.1) is 0 Å². The van der Waals surface area contributed by atoms with E-state index < -0.39 is 0 Å². The van der Waals surface area contributed by atoms with E-state index in [4.69, 9.17) is 10.5 Å². The van der Waals surface area contributed by atoms with Crippen LogP contribution in [0.15, 0.2) is 24.3 Å². The van der Waals surface area contributed by atoms with Crippen LogP contribution in [0.2, 0.25) is 0 Å². The third-order valence-corrected chi connectivity index (χ3v) is 3.52. The van der Waals surface area contributed by atoms with Crippen molar-refractivity contribution >= 4 is 22.4 Å². The summed E-state index contributed by atoms with van der Waals surface area (Å²) in [5.74, 6) is 0.725. The Morgan fingerprint density at radius 1 is 1.37 bits per heavy atom. The van der Waals surface area contributed by atoms with Crippen molar-refractivity contribution in [3.05, 3.63) is 35.7 Å². The molecule has 1 aromatic heterocycles. The highest BCUT2D eigenvalue weighted by Gasteiger charge is 2.10. The van der Waals surface area contributed by atoms with E-state index in [1.807, 2.05) is 31.2 Å². The molecule has 5 nitrogen and oxygen atoms in total. The lowest BCUT2D eigenvalue weighted by Gasteiger charge is -2.04. The van der Waals surface area contributed by atoms with Gasteiger partial charge in [-0.05, 0) is 31.0 Å². The molecule has 0 aliphatic carbocycles. The molecule has 6 heteroatoms. The molecular weight excluding hydrogens is 260 g/mol. The number of methoxy groups -OCH3 is 1. The summed E-state index contributed by atoms with van der Waals surface area (Å²) in [6.07, 6.45) is 0.860. The van der Waals surface area contributed by atoms with Crippen LogP contribution in [0.3, 0.4) is 0 Å². The van der Waals surface area contributed by atoms with E-state index in [2.05, 4.69) is 14.7 Å². The molecule has 0 radical (unpaired) electrons. The molecule has 0 aliphatic heterocycles. The van der Waals surface area contributed by atoms with E-state index in [0.717, 1.165) is 29.6 Å². The van der Waals surface area contributed by atoms with E-state index in [9.17, 15) is 0 Å². The maximum absolute atomic E-state index is 5.65. The molecule has 102 valence electrons. The average molecular weight is 278 g/mol. The number of ether oxygens (including phenoxy) is 1. The molecule has 0 amide bonds. The Labute approximate surface area is 117 Å². The number of rotatable bonds is 6. The highest BCUT2D eigenvalue weighted by Crippen LogP contribution is 2.18. The van der Waals surface area contributed by atoms with Crippen LogP contribution in [0.4, 0.5) is 10.8 Å². The largest absolute Gasteiger partial charge is 0.399 e. The molecule has 2 aromatic rings. The quantitative estimate of drug-likeness (QED) is 0.794. The van der Waals surface area contributed by atoms with Gasteiger partial charge in [-0.25, -0.2) is 4.98 Å². The Hall–Kier alpha value is -1.66. The monoisotopic (exact) mass is 278 g/mol. The van der Waals surface area contributed by atoms with Gasteiger partial charge in [0, 0.05) is 30.9 Å². The van der Waals surface area contributed by atoms with Crippen molar-refractivity contribution in [1.82, 2.24) is 9.36 Å². The predicted octanol–water partition coefficient (Wildman–Crippen LogP) is 2.48. The molecule has 1 heterocycles. The predicted molar refractivity (Wildman–Crippen MR) is 78.4 cm³/mol. The number of nitrogens with two attached hydrogens (primary N) is 1. The minimum atomic E-state index is -0.0658. The first-order valence-electron chi connectivity index (χ1n) is 6.13. The maximum Gasteiger partial charge on any atom is 0.202 e. The van der Waals surface area contributed by atoms with Crippen molar-refractivity contribution in [2.45, 2.75) is 19.4 Å². The van der Waals surface area contributed by atoms with Gasteiger partial charge in [0.2, 0.25) is 5.13 Å². The summed E-state index contributed by atoms with van der Waals surface area (Å²) in [4.78, 5) is 4.38. The van der Waals surface area contributed by atoms with Gasteiger partial charge in [0.1, 0.15) is 6.10 Å². The first-order valence-corrected chi connectivity index (χ1v) is 6.91. The van der Waals surface area contributed by atoms with Crippen molar-refractivity contribution in [3.8, 4) is 0 Å². The van der Waals surface area contributed by atoms with Gasteiger partial charge < -0.3 is 15.8 Å². The summed E-state index contributed by atoms with van der Waals surface area (Å²) in [6.45, 7) is 2.75. The van der Waals surface area contributed by atoms with E-state index in [1.54, 1.807) is 7.11 Å². The van der Waals surface area contributed by atoms with E-state index in [-0.39, 0.29) is 6.10 Å². The summed E-state index contributed by atoms with van der Waals surface area (Å²) in [7, 11) is 1.65. The topological polar surface area (TPSA) is 73.1 Å². The van der Waals surface area contributed by atoms with E-state index in [1.165, 1.54) is 17.1 Å². The summed E-state index contributed by atoms with van der Waals surface area (Å²) < 4.78 is 9.43. The Kier molecular flexibility index (Phi) is 4.70. The van der Waals surface area contributed by atoms with Gasteiger partial charge in [-0.15, -0.1) is 0 Å². The smallest absolute Gasteiger partial charge is 0.202 e. The van der Waals surface area contributed by atoms with Crippen LogP contribution in [0.5, 0.6) is 0 Å². The van der Waals surface area contributed by atoms with E-state index in [0.29, 0.717) is 0 Å². The lowest BCUT2D eigenvalue weighted by Crippen LogP contribution is -2.05. The van der Waals surface area contributed by atoms with Gasteiger partial charge in [0.15, 0.2) is 5.82 Å². The molecule has 0 spiro atoms. The number of anilines is 2. The third kappa shape index (κ3) is 3.90. The number of hydrogen-bond acceptors (Lipinski definition) is 6. The van der Waals surface area contributed by atoms with Crippen LogP contribution in [0, 0.1) is 0 Å². The molecule has 0 bridgehead atoms. The zero-order valence-electron chi connectivity index (χ0n) is 11.1. The number of hydrogen-bond donors (Lipinski definition) is 2. The maximum atomic E-state index is 5.65. The lowest BCUT2D eigenvalue weighted by atomic mass is 10.1. The van der Waals surface area contributed by atoms with Crippen molar-refractivity contribution in [3.63, 3.8) is 0 Å². The third-order valence-electron chi connectivity index (χ3n) is 2.83. The van der Waals surface area contributed by atoms with Crippen molar-refractivity contribution < 1.29 is 4.74 Å². The summed E-state index contributed by atoms with van der Waals surface area (Å²) in [6, 6.07) is 7.91. The Morgan fingerprint density at radius 3 is 2.79 bits per heavy atom. The second-order valence-electron chi connectivity index (χ2n) is 4.25. The van der Waals surface area contributed by atoms with Gasteiger partial charge in [-0.1, -0.05) is 12.1 Å². The second-order valence-corrected chi connectivity index (χ2v) is 5.01. The van der Waals surface area contributed by atoms with Gasteiger partial charge >= 0.3 is 0 Å². The lowest BCUT2D eigenvalue weighted by molar-refractivity contribution is 0.113. The molecule has 3 N–H and O–H groups in total. The molecule has 0 saturated carbocycles. The van der Waals surface area contributed by atoms with Crippen LogP contribution in [0.25, 0.3) is 0 Å². The second kappa shape index (κ2) is 6.49. The minimum Gasteiger partial charge on any atom is -0.399 e. The van der Waals surface area contributed by atoms with Gasteiger partial charge in [0.25, 0.3) is 0 Å². The molecule has 2 rings (SSSR count). The van der Waals surface area contributed by atoms with Crippen molar-refractivity contribution in [2.24, 2.45) is 0 Å². The zero-order valence-corrected chi connectivity index (χ0v) is 11.9. The fraction of sp³-hybridized carbons (Fsp3) is 0.385. The van der Waals surface area contributed by atoms with Crippen molar-refractivity contribution in [1.29, 1.82) is 0 Å². The molecular formula is C13H18N4OS. The van der Waals surface area contributed by atoms with Crippen LogP contribution < -0.4 is 11.1 Å². The average Bonchev–Trinajstić information content (AvgIpc) is 2.89. The molecule has 0 aliphatic rings. The molecule has 19 heavy (non-hydrogen) atoms. The highest BCUT2D eigenvalue weighted by molar-refractivity contribution is 7.09. The Morgan fingerprint density at radius 2 is 2.11 bits per heavy atom. The SMILES string of the molecule is COC(C)c1nsc(NCCc2ccc(N)cc2)n1. The normalized spacial score (nSPS) is 12.3. The number of nitrogens with zero attached hydrogens (tertiary/aromatic N) is 2. The Balaban J connectivity index is 1.82. The molecule has 0 saturated heterocycles. The van der Waals surface area contributed by atoms with Crippen LogP contribution >= 0.6 is 11.5 Å². The summed E-state index contributed by atoms with van der Waals surface area (Å²) in [5.41, 5.74) is 7.68. The minimum absolute atomic E-state index is 0.0658. The number of aromatic nitrogens is 2. The summed E-state index contributed by atoms with van der Waals surface area (Å²) >= 11 is 1.36. The number of benzene rings is 1. The van der Waals surface area contributed by atoms with Gasteiger partial charge in [-0.3, -0.25) is 0 Å². The molecule has 0 fully saturated rings. The fourth-order valence-electron chi connectivity index (χ4n) is 1.58. The van der Waals surface area contributed by atoms with Gasteiger partial charge in [-0.2, -0.15) is 4.37 Å². The van der Waals surface area contributed by atoms with Crippen LogP contribution in [0.1, 0.15) is 24.4 Å². The number of nitrogen functional groups attached to an aromatic ring is 1. The van der Waals surface area contributed by atoms with E-state index >= 15 is 0 Å². The van der Waals surface area contributed by atoms with Crippen LogP contribution in [-0.4, -0.2) is 23.0 Å². The Bertz CT molecular complexity index is 512. The zero-order chi connectivity index (χ0) is 13.7. The molecule has 1 unspecified atom stereocenters.